The molecule has 0 amide bonds. The normalized spacial score (nSPS) is 14.1. The molecule has 0 saturated heterocycles. The Hall–Kier alpha value is -2.33. The number of aromatic nitrogens is 1. The van der Waals surface area contributed by atoms with E-state index in [1.54, 1.807) is 6.26 Å². The van der Waals surface area contributed by atoms with Gasteiger partial charge < -0.3 is 14.7 Å². The maximum absolute atomic E-state index is 12.9. The van der Waals surface area contributed by atoms with Gasteiger partial charge in [0, 0.05) is 16.6 Å². The lowest BCUT2D eigenvalue weighted by Crippen LogP contribution is -2.91. The fraction of sp³-hybridized carbons (Fsp3) is 0.278. The number of hydrogen-bond acceptors (Lipinski definition) is 2. The van der Waals surface area contributed by atoms with Gasteiger partial charge in [-0.05, 0) is 39.0 Å². The quantitative estimate of drug-likeness (QED) is 0.711. The molecule has 4 nitrogen and oxygen atoms in total. The van der Waals surface area contributed by atoms with E-state index < -0.39 is 0 Å². The Bertz CT molecular complexity index is 787. The lowest BCUT2D eigenvalue weighted by molar-refractivity contribution is -0.710. The average molecular weight is 297 g/mol. The molecule has 0 unspecified atom stereocenters. The Morgan fingerprint density at radius 3 is 2.68 bits per heavy atom. The molecule has 2 heterocycles. The van der Waals surface area contributed by atoms with Crippen LogP contribution in [0.1, 0.15) is 41.7 Å². The van der Waals surface area contributed by atoms with Crippen molar-refractivity contribution in [1.29, 1.82) is 0 Å². The van der Waals surface area contributed by atoms with Gasteiger partial charge in [0.05, 0.1) is 11.8 Å². The number of carbonyl (C=O) groups excluding carboxylic acids is 1. The summed E-state index contributed by atoms with van der Waals surface area (Å²) >= 11 is 0. The molecule has 4 heteroatoms. The first kappa shape index (κ1) is 14.6. The van der Waals surface area contributed by atoms with Gasteiger partial charge in [-0.1, -0.05) is 18.2 Å². The van der Waals surface area contributed by atoms with Crippen LogP contribution in [0.25, 0.3) is 10.9 Å². The summed E-state index contributed by atoms with van der Waals surface area (Å²) in [6, 6.07) is 11.7. The van der Waals surface area contributed by atoms with Crippen molar-refractivity contribution < 1.29 is 14.5 Å². The molecule has 3 rings (SSSR count). The molecule has 3 aromatic rings. The van der Waals surface area contributed by atoms with Crippen LogP contribution in [0.3, 0.4) is 0 Å². The number of Topliss-reactive ketones (excluding diaryl/α,β-unsaturated/α-hetero) is 1. The highest BCUT2D eigenvalue weighted by Gasteiger charge is 2.26. The number of quaternary nitrogens is 1. The van der Waals surface area contributed by atoms with Crippen molar-refractivity contribution in [1.82, 2.24) is 4.98 Å². The Morgan fingerprint density at radius 2 is 1.95 bits per heavy atom. The number of benzene rings is 1. The van der Waals surface area contributed by atoms with Gasteiger partial charge in [0.1, 0.15) is 12.1 Å². The van der Waals surface area contributed by atoms with Crippen LogP contribution in [0.5, 0.6) is 0 Å². The van der Waals surface area contributed by atoms with E-state index in [1.165, 1.54) is 0 Å². The zero-order chi connectivity index (χ0) is 15.7. The van der Waals surface area contributed by atoms with E-state index in [0.29, 0.717) is 0 Å². The van der Waals surface area contributed by atoms with Gasteiger partial charge in [-0.25, -0.2) is 0 Å². The minimum atomic E-state index is -0.169. The maximum Gasteiger partial charge on any atom is 0.221 e. The Kier molecular flexibility index (Phi) is 3.86. The maximum atomic E-state index is 12.9. The second-order valence-electron chi connectivity index (χ2n) is 5.82. The molecule has 3 N–H and O–H groups in total. The van der Waals surface area contributed by atoms with E-state index in [1.807, 2.05) is 62.5 Å². The van der Waals surface area contributed by atoms with Crippen LogP contribution in [-0.4, -0.2) is 16.8 Å². The van der Waals surface area contributed by atoms with Gasteiger partial charge >= 0.3 is 0 Å². The van der Waals surface area contributed by atoms with E-state index in [9.17, 15) is 4.79 Å². The molecule has 0 spiro atoms. The molecule has 0 radical (unpaired) electrons. The summed E-state index contributed by atoms with van der Waals surface area (Å²) in [4.78, 5) is 16.2. The van der Waals surface area contributed by atoms with Crippen molar-refractivity contribution in [2.24, 2.45) is 0 Å². The van der Waals surface area contributed by atoms with Crippen LogP contribution in [-0.2, 0) is 0 Å². The number of aryl methyl sites for hydroxylation is 1. The number of rotatable bonds is 5. The Morgan fingerprint density at radius 1 is 1.18 bits per heavy atom. The number of carbonyl (C=O) groups is 1. The number of furan rings is 1. The SMILES string of the molecule is Cc1[nH]c2ccccc2c1C(=O)[C@H](C)[NH2+][C@@H](C)c1ccco1. The van der Waals surface area contributed by atoms with Crippen molar-refractivity contribution in [2.75, 3.05) is 0 Å². The second kappa shape index (κ2) is 5.81. The van der Waals surface area contributed by atoms with Gasteiger partial charge in [0.15, 0.2) is 5.76 Å². The standard InChI is InChI=1S/C18H20N2O2/c1-11(16-9-6-10-22-16)19-13(3)18(21)17-12(2)20-15-8-5-4-7-14(15)17/h4-11,13,19-20H,1-3H3/p+1/t11-,13-/m0/s1. The zero-order valence-corrected chi connectivity index (χ0v) is 13.1. The van der Waals surface area contributed by atoms with Crippen LogP contribution in [0.4, 0.5) is 0 Å². The fourth-order valence-electron chi connectivity index (χ4n) is 2.99. The van der Waals surface area contributed by atoms with Crippen LogP contribution >= 0.6 is 0 Å². The molecule has 0 bridgehead atoms. The minimum Gasteiger partial charge on any atom is -0.463 e. The van der Waals surface area contributed by atoms with Crippen molar-refractivity contribution in [3.8, 4) is 0 Å². The highest BCUT2D eigenvalue weighted by atomic mass is 16.3. The van der Waals surface area contributed by atoms with E-state index in [4.69, 9.17) is 4.42 Å². The topological polar surface area (TPSA) is 62.6 Å². The molecule has 22 heavy (non-hydrogen) atoms. The van der Waals surface area contributed by atoms with Gasteiger partial charge in [-0.15, -0.1) is 0 Å². The molecule has 1 aromatic carbocycles. The molecule has 0 aliphatic carbocycles. The number of para-hydroxylation sites is 1. The molecule has 0 aliphatic rings. The third kappa shape index (κ3) is 2.57. The first-order valence-electron chi connectivity index (χ1n) is 7.58. The lowest BCUT2D eigenvalue weighted by Gasteiger charge is -2.14. The summed E-state index contributed by atoms with van der Waals surface area (Å²) in [7, 11) is 0. The molecule has 0 saturated carbocycles. The first-order chi connectivity index (χ1) is 10.6. The van der Waals surface area contributed by atoms with Crippen LogP contribution < -0.4 is 5.32 Å². The van der Waals surface area contributed by atoms with E-state index >= 15 is 0 Å². The number of ketones is 1. The van der Waals surface area contributed by atoms with Crippen molar-refractivity contribution in [3.63, 3.8) is 0 Å². The summed E-state index contributed by atoms with van der Waals surface area (Å²) in [5.41, 5.74) is 2.73. The monoisotopic (exact) mass is 297 g/mol. The number of fused-ring (bicyclic) bond motifs is 1. The molecular formula is C18H21N2O2+. The number of nitrogens with two attached hydrogens (primary N) is 1. The average Bonchev–Trinajstić information content (AvgIpc) is 3.13. The summed E-state index contributed by atoms with van der Waals surface area (Å²) in [5, 5.41) is 3.04. The number of nitrogens with one attached hydrogen (secondary N) is 1. The summed E-state index contributed by atoms with van der Waals surface area (Å²) in [6.45, 7) is 5.95. The highest BCUT2D eigenvalue weighted by molar-refractivity contribution is 6.10. The summed E-state index contributed by atoms with van der Waals surface area (Å²) < 4.78 is 5.41. The second-order valence-corrected chi connectivity index (χ2v) is 5.82. The molecule has 2 aromatic heterocycles. The van der Waals surface area contributed by atoms with Gasteiger partial charge in [-0.2, -0.15) is 0 Å². The van der Waals surface area contributed by atoms with E-state index in [2.05, 4.69) is 4.98 Å². The highest BCUT2D eigenvalue weighted by Crippen LogP contribution is 2.23. The van der Waals surface area contributed by atoms with Crippen molar-refractivity contribution >= 4 is 16.7 Å². The largest absolute Gasteiger partial charge is 0.463 e. The third-order valence-corrected chi connectivity index (χ3v) is 4.12. The number of hydrogen-bond donors (Lipinski definition) is 2. The van der Waals surface area contributed by atoms with Crippen LogP contribution in [0.2, 0.25) is 0 Å². The number of aromatic amines is 1. The van der Waals surface area contributed by atoms with Gasteiger partial charge in [-0.3, -0.25) is 4.79 Å². The lowest BCUT2D eigenvalue weighted by atomic mass is 10.0. The van der Waals surface area contributed by atoms with Crippen molar-refractivity contribution in [2.45, 2.75) is 32.9 Å². The van der Waals surface area contributed by atoms with Crippen LogP contribution in [0.15, 0.2) is 47.1 Å². The minimum absolute atomic E-state index is 0.111. The summed E-state index contributed by atoms with van der Waals surface area (Å²) in [5.74, 6) is 1.03. The first-order valence-corrected chi connectivity index (χ1v) is 7.58. The Labute approximate surface area is 129 Å². The molecule has 114 valence electrons. The van der Waals surface area contributed by atoms with Crippen molar-refractivity contribution in [3.05, 3.63) is 59.7 Å². The molecule has 0 aliphatic heterocycles. The smallest absolute Gasteiger partial charge is 0.221 e. The van der Waals surface area contributed by atoms with Gasteiger partial charge in [0.2, 0.25) is 5.78 Å². The third-order valence-electron chi connectivity index (χ3n) is 4.12. The van der Waals surface area contributed by atoms with Crippen LogP contribution in [0, 0.1) is 6.92 Å². The predicted molar refractivity (Wildman–Crippen MR) is 85.9 cm³/mol. The predicted octanol–water partition coefficient (Wildman–Crippen LogP) is 2.97. The summed E-state index contributed by atoms with van der Waals surface area (Å²) in [6.07, 6.45) is 1.66. The van der Waals surface area contributed by atoms with E-state index in [0.717, 1.165) is 27.9 Å². The van der Waals surface area contributed by atoms with E-state index in [-0.39, 0.29) is 17.9 Å². The van der Waals surface area contributed by atoms with Gasteiger partial charge in [0.25, 0.3) is 0 Å². The Balaban J connectivity index is 1.84. The fourth-order valence-corrected chi connectivity index (χ4v) is 2.99. The molecule has 2 atom stereocenters. The number of H-pyrrole nitrogens is 1. The zero-order valence-electron chi connectivity index (χ0n) is 13.1. The molecular weight excluding hydrogens is 276 g/mol. The molecule has 0 fully saturated rings.